The number of halogens is 4. The molecule has 13 heteroatoms. The Kier molecular flexibility index (Phi) is 6.72. The van der Waals surface area contributed by atoms with Crippen molar-refractivity contribution in [2.24, 2.45) is 0 Å². The number of nitrogens with one attached hydrogen (secondary N) is 1. The molecular weight excluding hydrogens is 434 g/mol. The highest BCUT2D eigenvalue weighted by Gasteiger charge is 2.24. The summed E-state index contributed by atoms with van der Waals surface area (Å²) in [6.07, 6.45) is 1.45. The second-order valence-electron chi connectivity index (χ2n) is 5.60. The van der Waals surface area contributed by atoms with E-state index in [4.69, 9.17) is 9.47 Å². The van der Waals surface area contributed by atoms with Crippen molar-refractivity contribution < 1.29 is 41.1 Å². The van der Waals surface area contributed by atoms with Gasteiger partial charge in [0.25, 0.3) is 0 Å². The molecule has 0 radical (unpaired) electrons. The van der Waals surface area contributed by atoms with Crippen LogP contribution in [-0.4, -0.2) is 46.9 Å². The number of aromatic amines is 1. The van der Waals surface area contributed by atoms with Crippen molar-refractivity contribution in [3.8, 4) is 23.0 Å². The standard InChI is InChI=1S/C17H15F4N3O5S/c1-26-11-3-4-22-10(14(11)27-2)7-30(25)17-23-8-5-12(28-15(18)19)13(29-16(20)21)6-9(8)24-17/h3-6,15-16H,7H2,1-2H3,(H,23,24). The summed E-state index contributed by atoms with van der Waals surface area (Å²) in [4.78, 5) is 10.9. The molecule has 1 atom stereocenters. The molecule has 0 fully saturated rings. The number of nitrogens with zero attached hydrogens (tertiary/aromatic N) is 2. The molecule has 30 heavy (non-hydrogen) atoms. The van der Waals surface area contributed by atoms with Crippen LogP contribution in [0.1, 0.15) is 5.69 Å². The Bertz CT molecular complexity index is 973. The second-order valence-corrected chi connectivity index (χ2v) is 6.96. The molecule has 2 heterocycles. The van der Waals surface area contributed by atoms with E-state index < -0.39 is 35.9 Å². The zero-order chi connectivity index (χ0) is 21.8. The Labute approximate surface area is 170 Å². The molecule has 2 aromatic heterocycles. The summed E-state index contributed by atoms with van der Waals surface area (Å²) in [5.74, 6) is -0.662. The molecule has 0 saturated carbocycles. The molecule has 0 bridgehead atoms. The van der Waals surface area contributed by atoms with E-state index >= 15 is 0 Å². The molecule has 0 aliphatic carbocycles. The lowest BCUT2D eigenvalue weighted by atomic mass is 10.3. The van der Waals surface area contributed by atoms with Gasteiger partial charge in [-0.2, -0.15) is 22.5 Å². The third-order valence-electron chi connectivity index (χ3n) is 3.81. The molecule has 162 valence electrons. The number of rotatable bonds is 9. The van der Waals surface area contributed by atoms with E-state index in [1.54, 1.807) is 6.07 Å². The van der Waals surface area contributed by atoms with E-state index in [9.17, 15) is 22.1 Å². The topological polar surface area (TPSA) is 102 Å². The lowest BCUT2D eigenvalue weighted by Gasteiger charge is -2.12. The van der Waals surface area contributed by atoms with Gasteiger partial charge in [-0.25, -0.2) is 0 Å². The number of aromatic nitrogens is 3. The number of pyridine rings is 1. The summed E-state index contributed by atoms with van der Waals surface area (Å²) in [5.41, 5.74) is 0.543. The molecule has 0 saturated heterocycles. The van der Waals surface area contributed by atoms with Crippen LogP contribution in [0, 0.1) is 0 Å². The highest BCUT2D eigenvalue weighted by molar-refractivity contribution is 7.90. The molecule has 1 aromatic carbocycles. The highest BCUT2D eigenvalue weighted by Crippen LogP contribution is 2.35. The number of H-pyrrole nitrogens is 1. The Morgan fingerprint density at radius 2 is 1.70 bits per heavy atom. The minimum absolute atomic E-state index is 0.0335. The lowest BCUT2D eigenvalue weighted by Crippen LogP contribution is -2.10. The SMILES string of the molecule is COc1ccnc(C[S+]([O-])c2nc3cc(OC(F)F)c(OC(F)F)cc3[nH]2)c1OC. The van der Waals surface area contributed by atoms with E-state index in [0.29, 0.717) is 17.2 Å². The fourth-order valence-corrected chi connectivity index (χ4v) is 3.64. The van der Waals surface area contributed by atoms with Gasteiger partial charge >= 0.3 is 18.4 Å². The molecule has 1 unspecified atom stereocenters. The molecule has 3 rings (SSSR count). The van der Waals surface area contributed by atoms with Crippen LogP contribution in [-0.2, 0) is 16.9 Å². The minimum atomic E-state index is -3.26. The number of methoxy groups -OCH3 is 2. The number of hydrogen-bond acceptors (Lipinski definition) is 7. The average molecular weight is 449 g/mol. The minimum Gasteiger partial charge on any atom is -0.609 e. The third kappa shape index (κ3) is 4.79. The number of benzene rings is 1. The number of fused-ring (bicyclic) bond motifs is 1. The average Bonchev–Trinajstić information content (AvgIpc) is 3.10. The first kappa shape index (κ1) is 21.8. The van der Waals surface area contributed by atoms with E-state index in [1.165, 1.54) is 20.4 Å². The Balaban J connectivity index is 1.93. The van der Waals surface area contributed by atoms with Crippen molar-refractivity contribution in [2.45, 2.75) is 24.1 Å². The van der Waals surface area contributed by atoms with Crippen LogP contribution in [0.15, 0.2) is 29.6 Å². The van der Waals surface area contributed by atoms with Crippen LogP contribution >= 0.6 is 0 Å². The van der Waals surface area contributed by atoms with Gasteiger partial charge < -0.3 is 23.5 Å². The quantitative estimate of drug-likeness (QED) is 0.394. The van der Waals surface area contributed by atoms with Crippen LogP contribution in [0.25, 0.3) is 11.0 Å². The van der Waals surface area contributed by atoms with Gasteiger partial charge in [0.15, 0.2) is 28.8 Å². The van der Waals surface area contributed by atoms with Crippen molar-refractivity contribution in [2.75, 3.05) is 14.2 Å². The predicted octanol–water partition coefficient (Wildman–Crippen LogP) is 3.49. The van der Waals surface area contributed by atoms with Gasteiger partial charge in [0, 0.05) is 35.6 Å². The van der Waals surface area contributed by atoms with Crippen LogP contribution < -0.4 is 18.9 Å². The molecule has 8 nitrogen and oxygen atoms in total. The Hall–Kier alpha value is -2.93. The fraction of sp³-hybridized carbons (Fsp3) is 0.294. The largest absolute Gasteiger partial charge is 0.609 e. The molecule has 1 N–H and O–H groups in total. The van der Waals surface area contributed by atoms with E-state index in [0.717, 1.165) is 12.1 Å². The maximum Gasteiger partial charge on any atom is 0.387 e. The van der Waals surface area contributed by atoms with Crippen molar-refractivity contribution in [3.63, 3.8) is 0 Å². The zero-order valence-electron chi connectivity index (χ0n) is 15.5. The van der Waals surface area contributed by atoms with Crippen LogP contribution in [0.2, 0.25) is 0 Å². The van der Waals surface area contributed by atoms with Gasteiger partial charge in [-0.15, -0.1) is 0 Å². The maximum absolute atomic E-state index is 12.8. The van der Waals surface area contributed by atoms with Gasteiger partial charge in [-0.1, -0.05) is 0 Å². The summed E-state index contributed by atoms with van der Waals surface area (Å²) in [5, 5.41) is -0.0335. The first-order chi connectivity index (χ1) is 14.3. The number of alkyl halides is 4. The molecule has 3 aromatic rings. The summed E-state index contributed by atoms with van der Waals surface area (Å²) >= 11 is -1.77. The Morgan fingerprint density at radius 3 is 2.30 bits per heavy atom. The van der Waals surface area contributed by atoms with Crippen molar-refractivity contribution in [3.05, 3.63) is 30.1 Å². The van der Waals surface area contributed by atoms with Crippen LogP contribution in [0.4, 0.5) is 17.6 Å². The summed E-state index contributed by atoms with van der Waals surface area (Å²) < 4.78 is 81.9. The normalized spacial score (nSPS) is 12.4. The molecular formula is C17H15F4N3O5S. The van der Waals surface area contributed by atoms with Gasteiger partial charge in [0.2, 0.25) is 0 Å². The Morgan fingerprint density at radius 1 is 1.03 bits per heavy atom. The maximum atomic E-state index is 12.8. The number of imidazole rings is 1. The molecule has 0 aliphatic rings. The summed E-state index contributed by atoms with van der Waals surface area (Å²) in [6.45, 7) is -6.52. The van der Waals surface area contributed by atoms with Crippen molar-refractivity contribution in [1.29, 1.82) is 0 Å². The predicted molar refractivity (Wildman–Crippen MR) is 96.8 cm³/mol. The highest BCUT2D eigenvalue weighted by atomic mass is 32.2. The van der Waals surface area contributed by atoms with Gasteiger partial charge in [-0.05, 0) is 0 Å². The first-order valence-corrected chi connectivity index (χ1v) is 9.51. The second kappa shape index (κ2) is 9.26. The number of ether oxygens (including phenoxy) is 4. The van der Waals surface area contributed by atoms with Crippen molar-refractivity contribution >= 4 is 22.2 Å². The fourth-order valence-electron chi connectivity index (χ4n) is 2.62. The summed E-state index contributed by atoms with van der Waals surface area (Å²) in [7, 11) is 2.85. The lowest BCUT2D eigenvalue weighted by molar-refractivity contribution is -0.0690. The summed E-state index contributed by atoms with van der Waals surface area (Å²) in [6, 6.07) is 3.57. The molecule has 0 aliphatic heterocycles. The molecule has 0 spiro atoms. The van der Waals surface area contributed by atoms with Gasteiger partial charge in [0.1, 0.15) is 5.69 Å². The zero-order valence-corrected chi connectivity index (χ0v) is 16.3. The van der Waals surface area contributed by atoms with Crippen LogP contribution in [0.5, 0.6) is 23.0 Å². The third-order valence-corrected chi connectivity index (χ3v) is 4.97. The number of hydrogen-bond donors (Lipinski definition) is 1. The smallest absolute Gasteiger partial charge is 0.387 e. The van der Waals surface area contributed by atoms with Gasteiger partial charge in [0.05, 0.1) is 25.3 Å². The van der Waals surface area contributed by atoms with E-state index in [1.807, 2.05) is 0 Å². The van der Waals surface area contributed by atoms with Crippen LogP contribution in [0.3, 0.4) is 0 Å². The van der Waals surface area contributed by atoms with E-state index in [-0.39, 0.29) is 21.9 Å². The first-order valence-electron chi connectivity index (χ1n) is 8.20. The van der Waals surface area contributed by atoms with Gasteiger partial charge in [-0.3, -0.25) is 9.97 Å². The molecule has 0 amide bonds. The van der Waals surface area contributed by atoms with Crippen molar-refractivity contribution in [1.82, 2.24) is 15.0 Å². The monoisotopic (exact) mass is 449 g/mol. The van der Waals surface area contributed by atoms with E-state index in [2.05, 4.69) is 24.4 Å².